The van der Waals surface area contributed by atoms with Crippen LogP contribution in [0.4, 0.5) is 19.0 Å². The molecule has 112 valence electrons. The van der Waals surface area contributed by atoms with E-state index in [2.05, 4.69) is 24.1 Å². The van der Waals surface area contributed by atoms with Gasteiger partial charge in [0.05, 0.1) is 5.56 Å². The zero-order chi connectivity index (χ0) is 14.9. The van der Waals surface area contributed by atoms with E-state index < -0.39 is 11.7 Å². The van der Waals surface area contributed by atoms with Crippen LogP contribution in [0.2, 0.25) is 5.15 Å². The molecule has 20 heavy (non-hydrogen) atoms. The number of hydrogen-bond donors (Lipinski definition) is 1. The summed E-state index contributed by atoms with van der Waals surface area (Å²) in [6.45, 7) is 4.27. The Labute approximate surface area is 121 Å². The zero-order valence-corrected chi connectivity index (χ0v) is 12.2. The predicted molar refractivity (Wildman–Crippen MR) is 73.8 cm³/mol. The molecule has 0 radical (unpaired) electrons. The van der Waals surface area contributed by atoms with Crippen molar-refractivity contribution in [1.82, 2.24) is 4.98 Å². The quantitative estimate of drug-likeness (QED) is 0.796. The highest BCUT2D eigenvalue weighted by molar-refractivity contribution is 6.29. The lowest BCUT2D eigenvalue weighted by molar-refractivity contribution is -0.137. The van der Waals surface area contributed by atoms with E-state index in [0.717, 1.165) is 31.4 Å². The molecular weight excluding hydrogens is 289 g/mol. The van der Waals surface area contributed by atoms with Crippen molar-refractivity contribution in [3.8, 4) is 0 Å². The lowest BCUT2D eigenvalue weighted by Crippen LogP contribution is -2.25. The number of rotatable bonds is 3. The monoisotopic (exact) mass is 306 g/mol. The summed E-state index contributed by atoms with van der Waals surface area (Å²) in [5.74, 6) is 1.25. The fraction of sp³-hybridized carbons (Fsp3) is 0.643. The highest BCUT2D eigenvalue weighted by Gasteiger charge is 2.34. The highest BCUT2D eigenvalue weighted by Crippen LogP contribution is 2.37. The largest absolute Gasteiger partial charge is 0.416 e. The number of pyridine rings is 1. The SMILES string of the molecule is CCC1CCC(Nc2cc(C(F)(F)F)cc(Cl)n2)C1C. The van der Waals surface area contributed by atoms with Gasteiger partial charge in [0.15, 0.2) is 0 Å². The van der Waals surface area contributed by atoms with E-state index in [9.17, 15) is 13.2 Å². The molecule has 0 aromatic carbocycles. The van der Waals surface area contributed by atoms with E-state index in [4.69, 9.17) is 11.6 Å². The molecule has 3 unspecified atom stereocenters. The fourth-order valence-electron chi connectivity index (χ4n) is 2.95. The van der Waals surface area contributed by atoms with Crippen LogP contribution in [-0.4, -0.2) is 11.0 Å². The Hall–Kier alpha value is -0.970. The first-order valence-corrected chi connectivity index (χ1v) is 7.20. The molecule has 1 aliphatic rings. The van der Waals surface area contributed by atoms with Gasteiger partial charge in [-0.15, -0.1) is 0 Å². The average Bonchev–Trinajstić information content (AvgIpc) is 2.69. The van der Waals surface area contributed by atoms with E-state index in [1.807, 2.05) is 0 Å². The third-order valence-corrected chi connectivity index (χ3v) is 4.40. The Morgan fingerprint density at radius 1 is 1.35 bits per heavy atom. The van der Waals surface area contributed by atoms with Gasteiger partial charge in [-0.2, -0.15) is 13.2 Å². The lowest BCUT2D eigenvalue weighted by atomic mass is 9.93. The van der Waals surface area contributed by atoms with Crippen molar-refractivity contribution in [2.45, 2.75) is 45.3 Å². The maximum absolute atomic E-state index is 12.7. The predicted octanol–water partition coefficient (Wildman–Crippen LogP) is 4.99. The van der Waals surface area contributed by atoms with Crippen molar-refractivity contribution in [1.29, 1.82) is 0 Å². The zero-order valence-electron chi connectivity index (χ0n) is 11.5. The molecule has 1 aliphatic carbocycles. The fourth-order valence-corrected chi connectivity index (χ4v) is 3.16. The Bertz CT molecular complexity index is 476. The molecule has 1 aromatic rings. The van der Waals surface area contributed by atoms with Gasteiger partial charge in [0.2, 0.25) is 0 Å². The molecule has 1 N–H and O–H groups in total. The minimum Gasteiger partial charge on any atom is -0.367 e. The van der Waals surface area contributed by atoms with Crippen molar-refractivity contribution in [2.75, 3.05) is 5.32 Å². The Kier molecular flexibility index (Phi) is 4.47. The second kappa shape index (κ2) is 5.80. The number of hydrogen-bond acceptors (Lipinski definition) is 2. The van der Waals surface area contributed by atoms with Crippen LogP contribution in [0.3, 0.4) is 0 Å². The number of alkyl halides is 3. The van der Waals surface area contributed by atoms with E-state index >= 15 is 0 Å². The van der Waals surface area contributed by atoms with Crippen LogP contribution < -0.4 is 5.32 Å². The summed E-state index contributed by atoms with van der Waals surface area (Å²) in [7, 11) is 0. The van der Waals surface area contributed by atoms with Gasteiger partial charge in [0.1, 0.15) is 11.0 Å². The molecular formula is C14H18ClF3N2. The number of aromatic nitrogens is 1. The van der Waals surface area contributed by atoms with Gasteiger partial charge in [-0.25, -0.2) is 4.98 Å². The Morgan fingerprint density at radius 2 is 2.05 bits per heavy atom. The van der Waals surface area contributed by atoms with E-state index in [-0.39, 0.29) is 17.0 Å². The lowest BCUT2D eigenvalue weighted by Gasteiger charge is -2.22. The number of nitrogens with one attached hydrogen (secondary N) is 1. The van der Waals surface area contributed by atoms with Crippen molar-refractivity contribution < 1.29 is 13.2 Å². The number of halogens is 4. The summed E-state index contributed by atoms with van der Waals surface area (Å²) >= 11 is 5.68. The Balaban J connectivity index is 2.16. The van der Waals surface area contributed by atoms with Gasteiger partial charge in [-0.3, -0.25) is 0 Å². The summed E-state index contributed by atoms with van der Waals surface area (Å²) < 4.78 is 38.2. The molecule has 1 heterocycles. The standard InChI is InChI=1S/C14H18ClF3N2/c1-3-9-4-5-11(8(9)2)19-13-7-10(14(16,17)18)6-12(15)20-13/h6-9,11H,3-5H2,1-2H3,(H,19,20). The van der Waals surface area contributed by atoms with Crippen LogP contribution >= 0.6 is 11.6 Å². The minimum atomic E-state index is -4.41. The smallest absolute Gasteiger partial charge is 0.367 e. The van der Waals surface area contributed by atoms with Gasteiger partial charge >= 0.3 is 6.18 Å². The molecule has 0 saturated heterocycles. The third kappa shape index (κ3) is 3.37. The van der Waals surface area contributed by atoms with E-state index in [1.165, 1.54) is 0 Å². The van der Waals surface area contributed by atoms with Gasteiger partial charge in [-0.05, 0) is 36.8 Å². The maximum Gasteiger partial charge on any atom is 0.416 e. The number of anilines is 1. The maximum atomic E-state index is 12.7. The van der Waals surface area contributed by atoms with Crippen LogP contribution in [0, 0.1) is 11.8 Å². The van der Waals surface area contributed by atoms with Crippen LogP contribution in [0.1, 0.15) is 38.7 Å². The van der Waals surface area contributed by atoms with Crippen LogP contribution in [-0.2, 0) is 6.18 Å². The molecule has 0 spiro atoms. The molecule has 1 aromatic heterocycles. The van der Waals surface area contributed by atoms with Gasteiger partial charge < -0.3 is 5.32 Å². The molecule has 0 aliphatic heterocycles. The average molecular weight is 307 g/mol. The summed E-state index contributed by atoms with van der Waals surface area (Å²) in [5, 5.41) is 2.97. The first kappa shape index (κ1) is 15.4. The van der Waals surface area contributed by atoms with E-state index in [0.29, 0.717) is 11.8 Å². The van der Waals surface area contributed by atoms with Crippen molar-refractivity contribution in [2.24, 2.45) is 11.8 Å². The van der Waals surface area contributed by atoms with Crippen molar-refractivity contribution in [3.05, 3.63) is 22.8 Å². The number of nitrogens with zero attached hydrogens (tertiary/aromatic N) is 1. The molecule has 1 fully saturated rings. The topological polar surface area (TPSA) is 24.9 Å². The molecule has 6 heteroatoms. The van der Waals surface area contributed by atoms with Crippen molar-refractivity contribution >= 4 is 17.4 Å². The first-order chi connectivity index (χ1) is 9.31. The summed E-state index contributed by atoms with van der Waals surface area (Å²) in [6.07, 6.45) is -1.26. The van der Waals surface area contributed by atoms with Crippen LogP contribution in [0.5, 0.6) is 0 Å². The molecule has 3 atom stereocenters. The van der Waals surface area contributed by atoms with Gasteiger partial charge in [0, 0.05) is 6.04 Å². The summed E-state index contributed by atoms with van der Waals surface area (Å²) in [6, 6.07) is 2.03. The molecule has 2 nitrogen and oxygen atoms in total. The first-order valence-electron chi connectivity index (χ1n) is 6.82. The minimum absolute atomic E-state index is 0.139. The van der Waals surface area contributed by atoms with Gasteiger partial charge in [0.25, 0.3) is 0 Å². The van der Waals surface area contributed by atoms with Crippen LogP contribution in [0.15, 0.2) is 12.1 Å². The molecule has 1 saturated carbocycles. The summed E-state index contributed by atoms with van der Waals surface area (Å²) in [5.41, 5.74) is -0.766. The van der Waals surface area contributed by atoms with Crippen molar-refractivity contribution in [3.63, 3.8) is 0 Å². The highest BCUT2D eigenvalue weighted by atomic mass is 35.5. The summed E-state index contributed by atoms with van der Waals surface area (Å²) in [4.78, 5) is 3.95. The third-order valence-electron chi connectivity index (χ3n) is 4.21. The molecule has 2 rings (SSSR count). The van der Waals surface area contributed by atoms with Gasteiger partial charge in [-0.1, -0.05) is 31.9 Å². The van der Waals surface area contributed by atoms with Crippen LogP contribution in [0.25, 0.3) is 0 Å². The molecule has 0 amide bonds. The second-order valence-corrected chi connectivity index (χ2v) is 5.80. The normalized spacial score (nSPS) is 26.8. The van der Waals surface area contributed by atoms with E-state index in [1.54, 1.807) is 0 Å². The second-order valence-electron chi connectivity index (χ2n) is 5.42. The Morgan fingerprint density at radius 3 is 2.60 bits per heavy atom. The molecule has 0 bridgehead atoms.